The zero-order valence-electron chi connectivity index (χ0n) is 66.7. The third-order valence-electron chi connectivity index (χ3n) is 22.8. The Morgan fingerprint density at radius 3 is 1.30 bits per heavy atom. The summed E-state index contributed by atoms with van der Waals surface area (Å²) in [7, 11) is 0. The van der Waals surface area contributed by atoms with Crippen LogP contribution in [0.4, 0.5) is 22.7 Å². The van der Waals surface area contributed by atoms with Crippen LogP contribution in [0.1, 0.15) is 185 Å². The number of nitrogens with zero attached hydrogens (tertiary/aromatic N) is 6. The number of ether oxygens (including phenoxy) is 1. The molecule has 8 nitrogen and oxygen atoms in total. The Balaban J connectivity index is 1.02. The van der Waals surface area contributed by atoms with Crippen molar-refractivity contribution in [3.05, 3.63) is 257 Å². The van der Waals surface area contributed by atoms with Crippen molar-refractivity contribution >= 4 is 111 Å². The Morgan fingerprint density at radius 2 is 0.806 bits per heavy atom. The Morgan fingerprint density at radius 1 is 0.343 bits per heavy atom. The minimum absolute atomic E-state index is 0.0544. The fraction of sp³-hybridized carbons (Fsp3) is 0.283. The van der Waals surface area contributed by atoms with Crippen molar-refractivity contribution in [1.29, 1.82) is 0 Å². The molecular formula is C99H97BN6O2. The summed E-state index contributed by atoms with van der Waals surface area (Å²) in [6, 6.07) is 77.7. The van der Waals surface area contributed by atoms with Gasteiger partial charge in [0.05, 0.1) is 34.3 Å². The van der Waals surface area contributed by atoms with Gasteiger partial charge in [-0.25, -0.2) is 4.85 Å². The molecule has 0 unspecified atom stereocenters. The van der Waals surface area contributed by atoms with E-state index in [1.54, 1.807) is 0 Å². The number of hydrogen-bond donors (Lipinski definition) is 0. The molecule has 2 aliphatic heterocycles. The van der Waals surface area contributed by atoms with Crippen molar-refractivity contribution in [3.63, 3.8) is 0 Å². The number of anilines is 3. The van der Waals surface area contributed by atoms with Crippen molar-refractivity contribution in [1.82, 2.24) is 19.1 Å². The number of aromatic nitrogens is 4. The van der Waals surface area contributed by atoms with Crippen molar-refractivity contribution in [2.75, 3.05) is 4.90 Å². The molecular weight excluding hydrogens is 1320 g/mol. The summed E-state index contributed by atoms with van der Waals surface area (Å²) in [5.74, 6) is 1.59. The van der Waals surface area contributed by atoms with Gasteiger partial charge in [-0.05, 0) is 198 Å². The van der Waals surface area contributed by atoms with Crippen LogP contribution >= 0.6 is 0 Å². The van der Waals surface area contributed by atoms with Gasteiger partial charge in [-0.3, -0.25) is 9.97 Å². The second-order valence-electron chi connectivity index (χ2n) is 37.9. The molecule has 0 N–H and O–H groups in total. The lowest BCUT2D eigenvalue weighted by molar-refractivity contribution is 0.487. The van der Waals surface area contributed by atoms with Gasteiger partial charge in [-0.2, -0.15) is 0 Å². The van der Waals surface area contributed by atoms with Gasteiger partial charge in [-0.1, -0.05) is 224 Å². The van der Waals surface area contributed by atoms with E-state index < -0.39 is 0 Å². The van der Waals surface area contributed by atoms with Gasteiger partial charge in [0.2, 0.25) is 0 Å². The molecule has 0 aliphatic carbocycles. The summed E-state index contributed by atoms with van der Waals surface area (Å²) in [5.41, 5.74) is 27.9. The Kier molecular flexibility index (Phi) is 15.6. The smallest absolute Gasteiger partial charge is 0.256 e. The van der Waals surface area contributed by atoms with Crippen LogP contribution in [0.15, 0.2) is 211 Å². The third kappa shape index (κ3) is 11.6. The second kappa shape index (κ2) is 24.0. The molecule has 7 heterocycles. The molecule has 2 aliphatic rings. The number of rotatable bonds is 6. The SMILES string of the molecule is [C-]#[N+]c1ccc2c(c1)c1cc(C(C)(C)C)ccc1n2-c1ccc2c(c1)N(c1c(-c3cc(C(C)(C)C)nc(C(C)(C)C)c3)cccc1-c1cc(C(C)(C)C)nc(C(C)(C)C)c1)c1cc(-c3ccc4oc5ccccc5c4c3)cc3c1B2c1ccc(-n2c4ccc(C(C)(C)C)cc4c4cc(C(C)(C)C)ccc42)cc1O3. The second-order valence-corrected chi connectivity index (χ2v) is 37.9. The first-order chi connectivity index (χ1) is 50.9. The van der Waals surface area contributed by atoms with E-state index in [-0.39, 0.29) is 44.6 Å². The minimum atomic E-state index is -0.310. The summed E-state index contributed by atoms with van der Waals surface area (Å²) < 4.78 is 19.4. The average Bonchev–Trinajstić information content (AvgIpc) is 0.765. The molecule has 15 aromatic rings. The van der Waals surface area contributed by atoms with E-state index in [0.29, 0.717) is 5.69 Å². The first-order valence-corrected chi connectivity index (χ1v) is 38.5. The lowest BCUT2D eigenvalue weighted by Gasteiger charge is -2.42. The monoisotopic (exact) mass is 1410 g/mol. The van der Waals surface area contributed by atoms with E-state index in [0.717, 1.165) is 167 Å². The van der Waals surface area contributed by atoms with Gasteiger partial charge in [0.25, 0.3) is 6.71 Å². The van der Waals surface area contributed by atoms with Gasteiger partial charge in [0, 0.05) is 111 Å². The lowest BCUT2D eigenvalue weighted by Crippen LogP contribution is -2.59. The van der Waals surface area contributed by atoms with Crippen LogP contribution in [-0.2, 0) is 37.9 Å². The summed E-state index contributed by atoms with van der Waals surface area (Å²) >= 11 is 0. The zero-order chi connectivity index (χ0) is 76.2. The Labute approximate surface area is 637 Å². The molecule has 0 saturated carbocycles. The normalized spacial score (nSPS) is 13.6. The van der Waals surface area contributed by atoms with E-state index in [4.69, 9.17) is 25.7 Å². The molecule has 0 saturated heterocycles. The highest BCUT2D eigenvalue weighted by Crippen LogP contribution is 2.53. The van der Waals surface area contributed by atoms with E-state index in [1.807, 2.05) is 12.1 Å². The highest BCUT2D eigenvalue weighted by molar-refractivity contribution is 6.99. The maximum absolute atomic E-state index is 8.33. The predicted molar refractivity (Wildman–Crippen MR) is 457 cm³/mol. The highest BCUT2D eigenvalue weighted by atomic mass is 16.5. The molecule has 17 rings (SSSR count). The van der Waals surface area contributed by atoms with Gasteiger partial charge in [-0.15, -0.1) is 0 Å². The summed E-state index contributed by atoms with van der Waals surface area (Å²) in [6.45, 7) is 56.0. The molecule has 0 amide bonds. The Bertz CT molecular complexity index is 6120. The fourth-order valence-electron chi connectivity index (χ4n) is 16.5. The molecule has 5 aromatic heterocycles. The van der Waals surface area contributed by atoms with Gasteiger partial charge >= 0.3 is 0 Å². The molecule has 108 heavy (non-hydrogen) atoms. The number of hydrogen-bond acceptors (Lipinski definition) is 5. The first-order valence-electron chi connectivity index (χ1n) is 38.5. The van der Waals surface area contributed by atoms with Crippen molar-refractivity contribution in [2.45, 2.75) is 183 Å². The number of fused-ring (bicyclic) bond motifs is 13. The van der Waals surface area contributed by atoms with Crippen LogP contribution in [0, 0.1) is 6.57 Å². The van der Waals surface area contributed by atoms with Crippen LogP contribution in [-0.4, -0.2) is 25.8 Å². The number of furan rings is 1. The van der Waals surface area contributed by atoms with E-state index in [2.05, 4.69) is 358 Å². The first kappa shape index (κ1) is 70.1. The Hall–Kier alpha value is -10.9. The largest absolute Gasteiger partial charge is 0.458 e. The van der Waals surface area contributed by atoms with Crippen LogP contribution in [0.2, 0.25) is 0 Å². The van der Waals surface area contributed by atoms with E-state index >= 15 is 0 Å². The maximum atomic E-state index is 8.33. The average molecular weight is 1410 g/mol. The summed E-state index contributed by atoms with van der Waals surface area (Å²) in [5, 5.41) is 6.73. The standard InChI is InChI=1S/C99H97BN6O2/c1-93(2,3)61-31-39-77-70(51-61)71-52-62(94(4,5)6)32-40-78(71)105(77)66-36-38-76-85(56-66)108-86-46-58(57-30-43-84-74(44-57)69-26-23-24-29-83(69)107-84)45-82-91(86)100(76)75-37-35-65(104-79-41-33-63(95(7,8)9)53-72(79)73-54-64(101-22)34-42-80(73)104)55-81(75)106(82)92-67(59-47-87(96(10,11)12)102-88(48-59)97(13,14)15)27-25-28-68(92)60-49-89(98(16,17)18)103-90(50-60)99(19,20)21/h23-56H,1-21H3. The molecule has 0 bridgehead atoms. The summed E-state index contributed by atoms with van der Waals surface area (Å²) in [6.07, 6.45) is 0. The molecule has 0 atom stereocenters. The summed E-state index contributed by atoms with van der Waals surface area (Å²) in [4.78, 5) is 17.7. The lowest BCUT2D eigenvalue weighted by atomic mass is 9.34. The molecule has 0 radical (unpaired) electrons. The molecule has 9 heteroatoms. The van der Waals surface area contributed by atoms with Gasteiger partial charge in [0.15, 0.2) is 5.69 Å². The molecule has 0 fully saturated rings. The maximum Gasteiger partial charge on any atom is 0.256 e. The van der Waals surface area contributed by atoms with Crippen molar-refractivity contribution in [2.24, 2.45) is 0 Å². The highest BCUT2D eigenvalue weighted by Gasteiger charge is 2.45. The van der Waals surface area contributed by atoms with Crippen LogP contribution in [0.25, 0.3) is 115 Å². The van der Waals surface area contributed by atoms with E-state index in [9.17, 15) is 0 Å². The predicted octanol–water partition coefficient (Wildman–Crippen LogP) is 25.6. The van der Waals surface area contributed by atoms with Crippen molar-refractivity contribution in [3.8, 4) is 56.3 Å². The van der Waals surface area contributed by atoms with Gasteiger partial charge < -0.3 is 23.2 Å². The topological polar surface area (TPSA) is 65.6 Å². The minimum Gasteiger partial charge on any atom is -0.458 e. The third-order valence-corrected chi connectivity index (χ3v) is 22.8. The molecule has 10 aromatic carbocycles. The van der Waals surface area contributed by atoms with Crippen LogP contribution < -0.4 is 26.0 Å². The quantitative estimate of drug-likeness (QED) is 0.123. The number of pyridine rings is 2. The zero-order valence-corrected chi connectivity index (χ0v) is 66.7. The van der Waals surface area contributed by atoms with Crippen LogP contribution in [0.3, 0.4) is 0 Å². The van der Waals surface area contributed by atoms with E-state index in [1.165, 1.54) is 27.5 Å². The van der Waals surface area contributed by atoms with Gasteiger partial charge in [0.1, 0.15) is 22.7 Å². The van der Waals surface area contributed by atoms with Crippen molar-refractivity contribution < 1.29 is 9.15 Å². The fourth-order valence-corrected chi connectivity index (χ4v) is 16.5. The molecule has 0 spiro atoms. The van der Waals surface area contributed by atoms with Crippen LogP contribution in [0.5, 0.6) is 11.5 Å². The number of benzene rings is 10. The number of para-hydroxylation sites is 2. The molecule has 538 valence electrons.